The van der Waals surface area contributed by atoms with Crippen molar-refractivity contribution in [2.75, 3.05) is 39.3 Å². The van der Waals surface area contributed by atoms with Crippen molar-refractivity contribution in [2.24, 2.45) is 11.3 Å². The van der Waals surface area contributed by atoms with E-state index in [1.807, 2.05) is 28.0 Å². The molecule has 2 aliphatic heterocycles. The highest BCUT2D eigenvalue weighted by Crippen LogP contribution is 2.45. The van der Waals surface area contributed by atoms with E-state index in [1.165, 1.54) is 6.26 Å². The minimum atomic E-state index is -0.0608. The average molecular weight is 386 g/mol. The molecule has 0 aromatic carbocycles. The molecule has 0 bridgehead atoms. The topological polar surface area (TPSA) is 74.7 Å². The molecule has 2 aliphatic rings. The predicted octanol–water partition coefficient (Wildman–Crippen LogP) is 2.10. The van der Waals surface area contributed by atoms with Crippen LogP contribution in [-0.2, 0) is 6.54 Å². The van der Waals surface area contributed by atoms with Crippen LogP contribution < -0.4 is 0 Å². The summed E-state index contributed by atoms with van der Waals surface area (Å²) >= 11 is 0. The number of hydrogen-bond acceptors (Lipinski definition) is 5. The zero-order chi connectivity index (χ0) is 19.4. The maximum atomic E-state index is 12.6. The monoisotopic (exact) mass is 386 g/mol. The third kappa shape index (κ3) is 4.00. The summed E-state index contributed by atoms with van der Waals surface area (Å²) < 4.78 is 7.25. The van der Waals surface area contributed by atoms with Gasteiger partial charge in [-0.05, 0) is 68.9 Å². The van der Waals surface area contributed by atoms with E-state index in [4.69, 9.17) is 4.42 Å². The van der Waals surface area contributed by atoms with Crippen molar-refractivity contribution < 1.29 is 14.3 Å². The highest BCUT2D eigenvalue weighted by atomic mass is 16.3. The molecule has 2 saturated heterocycles. The van der Waals surface area contributed by atoms with E-state index >= 15 is 0 Å². The lowest BCUT2D eigenvalue weighted by atomic mass is 9.64. The van der Waals surface area contributed by atoms with Gasteiger partial charge < -0.3 is 19.3 Å². The fourth-order valence-electron chi connectivity index (χ4n) is 4.87. The first-order chi connectivity index (χ1) is 13.7. The van der Waals surface area contributed by atoms with Crippen LogP contribution in [0.5, 0.6) is 0 Å². The van der Waals surface area contributed by atoms with Gasteiger partial charge in [-0.1, -0.05) is 0 Å². The van der Waals surface area contributed by atoms with Crippen molar-refractivity contribution in [1.82, 2.24) is 19.6 Å². The molecular formula is C21H30N4O3. The normalized spacial score (nSPS) is 22.6. The molecule has 0 unspecified atom stereocenters. The minimum absolute atomic E-state index is 0.0608. The Labute approximate surface area is 165 Å². The predicted molar refractivity (Wildman–Crippen MR) is 105 cm³/mol. The molecule has 0 radical (unpaired) electrons. The molecule has 2 fully saturated rings. The maximum Gasteiger partial charge on any atom is 0.289 e. The lowest BCUT2D eigenvalue weighted by Gasteiger charge is -2.51. The van der Waals surface area contributed by atoms with Crippen LogP contribution in [0.2, 0.25) is 0 Å². The Morgan fingerprint density at radius 3 is 2.71 bits per heavy atom. The largest absolute Gasteiger partial charge is 0.459 e. The van der Waals surface area contributed by atoms with Crippen LogP contribution in [0.15, 0.2) is 41.3 Å². The highest BCUT2D eigenvalue weighted by Gasteiger charge is 2.45. The molecule has 28 heavy (non-hydrogen) atoms. The summed E-state index contributed by atoms with van der Waals surface area (Å²) in [5.41, 5.74) is 0.160. The second-order valence-electron chi connectivity index (χ2n) is 8.18. The second-order valence-corrected chi connectivity index (χ2v) is 8.18. The number of aliphatic hydroxyl groups is 1. The molecular weight excluding hydrogens is 356 g/mol. The fraction of sp³-hybridized carbons (Fsp3) is 0.619. The fourth-order valence-corrected chi connectivity index (χ4v) is 4.87. The second kappa shape index (κ2) is 8.49. The van der Waals surface area contributed by atoms with Gasteiger partial charge in [0.05, 0.1) is 6.26 Å². The molecule has 7 heteroatoms. The molecule has 1 amide bonds. The van der Waals surface area contributed by atoms with Crippen LogP contribution in [0.4, 0.5) is 0 Å². The smallest absolute Gasteiger partial charge is 0.289 e. The van der Waals surface area contributed by atoms with Crippen LogP contribution in [-0.4, -0.2) is 69.9 Å². The van der Waals surface area contributed by atoms with Crippen molar-refractivity contribution in [3.63, 3.8) is 0 Å². The Kier molecular flexibility index (Phi) is 5.82. The number of furan rings is 1. The van der Waals surface area contributed by atoms with Crippen LogP contribution in [0.1, 0.15) is 36.2 Å². The minimum Gasteiger partial charge on any atom is -0.459 e. The number of aromatic nitrogens is 2. The van der Waals surface area contributed by atoms with Crippen LogP contribution in [0.3, 0.4) is 0 Å². The van der Waals surface area contributed by atoms with Gasteiger partial charge >= 0.3 is 0 Å². The lowest BCUT2D eigenvalue weighted by Crippen LogP contribution is -2.54. The SMILES string of the molecule is O=C(c1ccco1)N1CCC2(CCN(CCCn3cccn3)CC2)[C@H](CO)C1. The quantitative estimate of drug-likeness (QED) is 0.823. The van der Waals surface area contributed by atoms with Gasteiger partial charge in [0.15, 0.2) is 5.76 Å². The Hall–Kier alpha value is -2.12. The first kappa shape index (κ1) is 19.2. The summed E-state index contributed by atoms with van der Waals surface area (Å²) in [6.07, 6.45) is 9.63. The lowest BCUT2D eigenvalue weighted by molar-refractivity contribution is -0.0360. The molecule has 1 N–H and O–H groups in total. The van der Waals surface area contributed by atoms with E-state index in [0.717, 1.165) is 58.4 Å². The van der Waals surface area contributed by atoms with E-state index in [2.05, 4.69) is 10.00 Å². The van der Waals surface area contributed by atoms with Crippen molar-refractivity contribution in [2.45, 2.75) is 32.2 Å². The summed E-state index contributed by atoms with van der Waals surface area (Å²) in [4.78, 5) is 17.0. The van der Waals surface area contributed by atoms with Gasteiger partial charge in [0.2, 0.25) is 0 Å². The number of carbonyl (C=O) groups is 1. The van der Waals surface area contributed by atoms with Crippen molar-refractivity contribution in [1.29, 1.82) is 0 Å². The van der Waals surface area contributed by atoms with Crippen molar-refractivity contribution in [3.8, 4) is 0 Å². The van der Waals surface area contributed by atoms with Gasteiger partial charge in [-0.25, -0.2) is 0 Å². The molecule has 2 aromatic heterocycles. The van der Waals surface area contributed by atoms with E-state index in [1.54, 1.807) is 12.1 Å². The molecule has 2 aromatic rings. The third-order valence-electron chi connectivity index (χ3n) is 6.70. The third-order valence-corrected chi connectivity index (χ3v) is 6.70. The molecule has 4 heterocycles. The summed E-state index contributed by atoms with van der Waals surface area (Å²) in [6, 6.07) is 5.41. The zero-order valence-electron chi connectivity index (χ0n) is 16.4. The Balaban J connectivity index is 1.28. The number of aliphatic hydroxyl groups excluding tert-OH is 1. The van der Waals surface area contributed by atoms with E-state index in [0.29, 0.717) is 12.3 Å². The number of hydrogen-bond donors (Lipinski definition) is 1. The summed E-state index contributed by atoms with van der Waals surface area (Å²) in [6.45, 7) is 5.69. The van der Waals surface area contributed by atoms with Gasteiger partial charge in [0.25, 0.3) is 5.91 Å². The van der Waals surface area contributed by atoms with Gasteiger partial charge in [-0.3, -0.25) is 9.48 Å². The number of carbonyl (C=O) groups excluding carboxylic acids is 1. The first-order valence-corrected chi connectivity index (χ1v) is 10.3. The van der Waals surface area contributed by atoms with Gasteiger partial charge in [-0.2, -0.15) is 5.10 Å². The van der Waals surface area contributed by atoms with Crippen LogP contribution in [0.25, 0.3) is 0 Å². The van der Waals surface area contributed by atoms with Gasteiger partial charge in [0, 0.05) is 44.6 Å². The van der Waals surface area contributed by atoms with E-state index in [9.17, 15) is 9.90 Å². The molecule has 7 nitrogen and oxygen atoms in total. The standard InChI is InChI=1S/C21H30N4O3/c26-17-18-16-24(20(27)19-4-1-15-28-19)14-7-21(18)5-12-23(13-6-21)9-3-11-25-10-2-8-22-25/h1-2,4,8,10,15,18,26H,3,5-7,9,11-14,16-17H2/t18-/m0/s1. The molecule has 0 aliphatic carbocycles. The Morgan fingerprint density at radius 1 is 1.21 bits per heavy atom. The number of aryl methyl sites for hydroxylation is 1. The molecule has 152 valence electrons. The molecule has 4 rings (SSSR count). The first-order valence-electron chi connectivity index (χ1n) is 10.3. The Bertz CT molecular complexity index is 736. The number of rotatable bonds is 6. The maximum absolute atomic E-state index is 12.6. The number of likely N-dealkylation sites (tertiary alicyclic amines) is 2. The Morgan fingerprint density at radius 2 is 2.04 bits per heavy atom. The van der Waals surface area contributed by atoms with Crippen LogP contribution >= 0.6 is 0 Å². The number of amides is 1. The van der Waals surface area contributed by atoms with Crippen molar-refractivity contribution >= 4 is 5.91 Å². The van der Waals surface area contributed by atoms with E-state index in [-0.39, 0.29) is 23.8 Å². The average Bonchev–Trinajstić information content (AvgIpc) is 3.44. The van der Waals surface area contributed by atoms with Crippen molar-refractivity contribution in [3.05, 3.63) is 42.6 Å². The summed E-state index contributed by atoms with van der Waals surface area (Å²) in [5, 5.41) is 14.3. The number of piperidine rings is 2. The molecule has 0 saturated carbocycles. The van der Waals surface area contributed by atoms with Gasteiger partial charge in [0.1, 0.15) is 0 Å². The zero-order valence-corrected chi connectivity index (χ0v) is 16.4. The number of nitrogens with zero attached hydrogens (tertiary/aromatic N) is 4. The molecule has 1 spiro atoms. The van der Waals surface area contributed by atoms with Gasteiger partial charge in [-0.15, -0.1) is 0 Å². The van der Waals surface area contributed by atoms with E-state index < -0.39 is 0 Å². The van der Waals surface area contributed by atoms with Crippen LogP contribution in [0, 0.1) is 11.3 Å². The summed E-state index contributed by atoms with van der Waals surface area (Å²) in [5.74, 6) is 0.473. The molecule has 1 atom stereocenters. The summed E-state index contributed by atoms with van der Waals surface area (Å²) in [7, 11) is 0. The highest BCUT2D eigenvalue weighted by molar-refractivity contribution is 5.91.